The van der Waals surface area contributed by atoms with Crippen LogP contribution >= 0.6 is 0 Å². The second kappa shape index (κ2) is 7.61. The maximum atomic E-state index is 13.7. The highest BCUT2D eigenvalue weighted by molar-refractivity contribution is 6.53. The molecule has 4 aromatic rings. The number of benzene rings is 4. The lowest BCUT2D eigenvalue weighted by atomic mass is 9.95. The van der Waals surface area contributed by atoms with E-state index in [-0.39, 0.29) is 5.78 Å². The molecular formula is C26H21NO. The van der Waals surface area contributed by atoms with E-state index in [0.29, 0.717) is 11.3 Å². The van der Waals surface area contributed by atoms with Crippen molar-refractivity contribution >= 4 is 28.0 Å². The number of aliphatic imine (C=N–C) groups is 1. The van der Waals surface area contributed by atoms with Gasteiger partial charge in [-0.05, 0) is 35.7 Å². The van der Waals surface area contributed by atoms with Crippen molar-refractivity contribution in [1.29, 1.82) is 0 Å². The summed E-state index contributed by atoms with van der Waals surface area (Å²) < 4.78 is 0. The lowest BCUT2D eigenvalue weighted by molar-refractivity contribution is 0.106. The Kier molecular flexibility index (Phi) is 4.86. The Hall–Kier alpha value is -3.52. The largest absolute Gasteiger partial charge is 0.287 e. The summed E-state index contributed by atoms with van der Waals surface area (Å²) >= 11 is 0. The molecule has 0 spiro atoms. The summed E-state index contributed by atoms with van der Waals surface area (Å²) in [4.78, 5) is 18.5. The molecule has 28 heavy (non-hydrogen) atoms. The van der Waals surface area contributed by atoms with Gasteiger partial charge in [0.1, 0.15) is 5.71 Å². The molecule has 0 saturated heterocycles. The van der Waals surface area contributed by atoms with Crippen molar-refractivity contribution in [3.8, 4) is 0 Å². The van der Waals surface area contributed by atoms with E-state index < -0.39 is 0 Å². The average Bonchev–Trinajstić information content (AvgIpc) is 2.73. The molecule has 2 nitrogen and oxygen atoms in total. The molecule has 0 atom stereocenters. The smallest absolute Gasteiger partial charge is 0.212 e. The van der Waals surface area contributed by atoms with E-state index in [2.05, 4.69) is 0 Å². The van der Waals surface area contributed by atoms with Crippen molar-refractivity contribution in [1.82, 2.24) is 0 Å². The molecule has 0 saturated carbocycles. The topological polar surface area (TPSA) is 29.4 Å². The van der Waals surface area contributed by atoms with Gasteiger partial charge in [0.2, 0.25) is 5.78 Å². The Balaban J connectivity index is 1.94. The SMILES string of the molecule is Cc1cccc(C)c1N=C(C(=O)c1cccc2ccccc12)c1ccccc1. The van der Waals surface area contributed by atoms with Gasteiger partial charge in [0.25, 0.3) is 0 Å². The number of para-hydroxylation sites is 1. The summed E-state index contributed by atoms with van der Waals surface area (Å²) in [5.41, 5.74) is 4.93. The molecule has 0 aliphatic heterocycles. The number of ketones is 1. The lowest BCUT2D eigenvalue weighted by Crippen LogP contribution is -2.16. The monoisotopic (exact) mass is 363 g/mol. The highest BCUT2D eigenvalue weighted by atomic mass is 16.1. The number of rotatable bonds is 4. The summed E-state index contributed by atoms with van der Waals surface area (Å²) in [7, 11) is 0. The van der Waals surface area contributed by atoms with Gasteiger partial charge in [-0.15, -0.1) is 0 Å². The fourth-order valence-electron chi connectivity index (χ4n) is 3.49. The maximum Gasteiger partial charge on any atom is 0.212 e. The summed E-state index contributed by atoms with van der Waals surface area (Å²) in [5, 5.41) is 1.99. The number of hydrogen-bond donors (Lipinski definition) is 0. The fraction of sp³-hybridized carbons (Fsp3) is 0.0769. The molecule has 0 radical (unpaired) electrons. The van der Waals surface area contributed by atoms with Gasteiger partial charge in [0.05, 0.1) is 5.69 Å². The first-order valence-corrected chi connectivity index (χ1v) is 9.38. The molecule has 136 valence electrons. The molecule has 2 heteroatoms. The number of carbonyl (C=O) groups excluding carboxylic acids is 1. The summed E-state index contributed by atoms with van der Waals surface area (Å²) in [6, 6.07) is 29.6. The first-order valence-electron chi connectivity index (χ1n) is 9.38. The van der Waals surface area contributed by atoms with Crippen molar-refractivity contribution in [3.63, 3.8) is 0 Å². The molecular weight excluding hydrogens is 342 g/mol. The van der Waals surface area contributed by atoms with Crippen LogP contribution in [-0.2, 0) is 0 Å². The van der Waals surface area contributed by atoms with Crippen molar-refractivity contribution in [3.05, 3.63) is 113 Å². The zero-order valence-electron chi connectivity index (χ0n) is 16.0. The van der Waals surface area contributed by atoms with E-state index >= 15 is 0 Å². The Morgan fingerprint density at radius 3 is 2.04 bits per heavy atom. The fourth-order valence-corrected chi connectivity index (χ4v) is 3.49. The number of nitrogens with zero attached hydrogens (tertiary/aromatic N) is 1. The average molecular weight is 363 g/mol. The van der Waals surface area contributed by atoms with E-state index in [9.17, 15) is 4.79 Å². The van der Waals surface area contributed by atoms with Crippen LogP contribution in [0.2, 0.25) is 0 Å². The van der Waals surface area contributed by atoms with E-state index in [0.717, 1.165) is 33.2 Å². The van der Waals surface area contributed by atoms with Gasteiger partial charge >= 0.3 is 0 Å². The molecule has 0 heterocycles. The Bertz CT molecular complexity index is 1160. The molecule has 4 aromatic carbocycles. The highest BCUT2D eigenvalue weighted by Crippen LogP contribution is 2.26. The van der Waals surface area contributed by atoms with E-state index in [1.807, 2.05) is 105 Å². The molecule has 0 aliphatic rings. The van der Waals surface area contributed by atoms with Crippen LogP contribution in [0.1, 0.15) is 27.0 Å². The number of carbonyl (C=O) groups is 1. The van der Waals surface area contributed by atoms with Crippen molar-refractivity contribution in [2.75, 3.05) is 0 Å². The number of hydrogen-bond acceptors (Lipinski definition) is 2. The van der Waals surface area contributed by atoms with Crippen LogP contribution in [-0.4, -0.2) is 11.5 Å². The molecule has 4 rings (SSSR count). The Morgan fingerprint density at radius 1 is 0.679 bits per heavy atom. The van der Waals surface area contributed by atoms with Crippen LogP contribution in [0.25, 0.3) is 10.8 Å². The summed E-state index contributed by atoms with van der Waals surface area (Å²) in [5.74, 6) is -0.0642. The van der Waals surface area contributed by atoms with Gasteiger partial charge in [-0.1, -0.05) is 91.0 Å². The summed E-state index contributed by atoms with van der Waals surface area (Å²) in [6.07, 6.45) is 0. The van der Waals surface area contributed by atoms with Crippen LogP contribution in [0, 0.1) is 13.8 Å². The van der Waals surface area contributed by atoms with E-state index in [4.69, 9.17) is 4.99 Å². The quantitative estimate of drug-likeness (QED) is 0.302. The third-order valence-electron chi connectivity index (χ3n) is 4.96. The van der Waals surface area contributed by atoms with Gasteiger partial charge in [-0.25, -0.2) is 4.99 Å². The van der Waals surface area contributed by atoms with Crippen LogP contribution in [0.4, 0.5) is 5.69 Å². The molecule has 0 N–H and O–H groups in total. The van der Waals surface area contributed by atoms with Gasteiger partial charge in [0.15, 0.2) is 0 Å². The maximum absolute atomic E-state index is 13.7. The van der Waals surface area contributed by atoms with Gasteiger partial charge in [-0.3, -0.25) is 4.79 Å². The minimum Gasteiger partial charge on any atom is -0.287 e. The first-order chi connectivity index (χ1) is 13.6. The van der Waals surface area contributed by atoms with Crippen LogP contribution < -0.4 is 0 Å². The zero-order chi connectivity index (χ0) is 19.5. The second-order valence-electron chi connectivity index (χ2n) is 6.92. The molecule has 0 bridgehead atoms. The molecule has 0 fully saturated rings. The number of aryl methyl sites for hydroxylation is 2. The van der Waals surface area contributed by atoms with E-state index in [1.54, 1.807) is 0 Å². The third kappa shape index (κ3) is 3.37. The molecule has 0 unspecified atom stereocenters. The Labute approximate surface area is 165 Å². The Morgan fingerprint density at radius 2 is 1.29 bits per heavy atom. The van der Waals surface area contributed by atoms with Crippen LogP contribution in [0.3, 0.4) is 0 Å². The van der Waals surface area contributed by atoms with Crippen molar-refractivity contribution in [2.45, 2.75) is 13.8 Å². The van der Waals surface area contributed by atoms with Crippen LogP contribution in [0.15, 0.2) is 96.0 Å². The van der Waals surface area contributed by atoms with Gasteiger partial charge in [0, 0.05) is 11.1 Å². The molecule has 0 aromatic heterocycles. The zero-order valence-corrected chi connectivity index (χ0v) is 16.0. The van der Waals surface area contributed by atoms with Crippen molar-refractivity contribution in [2.24, 2.45) is 4.99 Å². The minimum atomic E-state index is -0.0642. The predicted octanol–water partition coefficient (Wildman–Crippen LogP) is 6.46. The highest BCUT2D eigenvalue weighted by Gasteiger charge is 2.19. The normalized spacial score (nSPS) is 11.6. The predicted molar refractivity (Wildman–Crippen MR) is 117 cm³/mol. The second-order valence-corrected chi connectivity index (χ2v) is 6.92. The van der Waals surface area contributed by atoms with Crippen molar-refractivity contribution < 1.29 is 4.79 Å². The lowest BCUT2D eigenvalue weighted by Gasteiger charge is -2.11. The molecule has 0 aliphatic carbocycles. The first kappa shape index (κ1) is 17.9. The van der Waals surface area contributed by atoms with Gasteiger partial charge < -0.3 is 0 Å². The minimum absolute atomic E-state index is 0.0642. The standard InChI is InChI=1S/C26H21NO/c1-18-10-8-11-19(2)24(18)27-25(21-13-4-3-5-14-21)26(28)23-17-9-15-20-12-6-7-16-22(20)23/h3-17H,1-2H3. The van der Waals surface area contributed by atoms with Crippen LogP contribution in [0.5, 0.6) is 0 Å². The number of fused-ring (bicyclic) bond motifs is 1. The van der Waals surface area contributed by atoms with E-state index in [1.165, 1.54) is 0 Å². The van der Waals surface area contributed by atoms with Gasteiger partial charge in [-0.2, -0.15) is 0 Å². The summed E-state index contributed by atoms with van der Waals surface area (Å²) in [6.45, 7) is 4.05. The third-order valence-corrected chi connectivity index (χ3v) is 4.96. The molecule has 0 amide bonds. The number of Topliss-reactive ketones (excluding diaryl/α,β-unsaturated/α-hetero) is 1.